The highest BCUT2D eigenvalue weighted by Gasteiger charge is 2.52. The van der Waals surface area contributed by atoms with Crippen molar-refractivity contribution in [1.82, 2.24) is 0 Å². The summed E-state index contributed by atoms with van der Waals surface area (Å²) in [5, 5.41) is 0. The maximum absolute atomic E-state index is 12.4. The molecule has 2 heterocycles. The Kier molecular flexibility index (Phi) is 4.16. The largest absolute Gasteiger partial charge is 0.494 e. The van der Waals surface area contributed by atoms with E-state index in [9.17, 15) is 4.79 Å². The van der Waals surface area contributed by atoms with Crippen LogP contribution in [-0.2, 0) is 21.1 Å². The van der Waals surface area contributed by atoms with Gasteiger partial charge in [0.15, 0.2) is 0 Å². The quantitative estimate of drug-likeness (QED) is 0.722. The van der Waals surface area contributed by atoms with E-state index in [1.165, 1.54) is 0 Å². The van der Waals surface area contributed by atoms with E-state index in [1.807, 2.05) is 66.7 Å². The Morgan fingerprint density at radius 2 is 1.64 bits per heavy atom. The van der Waals surface area contributed by atoms with Gasteiger partial charge >= 0.3 is 12.7 Å². The summed E-state index contributed by atoms with van der Waals surface area (Å²) >= 11 is 0. The molecule has 1 aromatic heterocycles. The number of fused-ring (bicyclic) bond motifs is 1. The van der Waals surface area contributed by atoms with Crippen molar-refractivity contribution >= 4 is 13.2 Å². The van der Waals surface area contributed by atoms with E-state index in [0.29, 0.717) is 17.7 Å². The number of rotatable bonds is 1. The lowest BCUT2D eigenvalue weighted by molar-refractivity contribution is 0.00578. The molecule has 134 valence electrons. The molecule has 3 rings (SSSR count). The topological polar surface area (TPSA) is 48.7 Å². The van der Waals surface area contributed by atoms with E-state index in [1.54, 1.807) is 0 Å². The normalized spacial score (nSPS) is 21.7. The standard InChI is InChI=1S/C20H27BO4/c1-18(2,3)16-12-13-8-9-14(10-11-15(13)17(22)23-16)21-24-19(4,5)20(6,7)25-21/h9-12H,8H2,1-7H3. The van der Waals surface area contributed by atoms with Gasteiger partial charge in [0.25, 0.3) is 0 Å². The first-order chi connectivity index (χ1) is 11.4. The predicted molar refractivity (Wildman–Crippen MR) is 101 cm³/mol. The molecule has 1 fully saturated rings. The third-order valence-electron chi connectivity index (χ3n) is 5.34. The predicted octanol–water partition coefficient (Wildman–Crippen LogP) is 4.06. The molecule has 0 N–H and O–H groups in total. The van der Waals surface area contributed by atoms with E-state index in [4.69, 9.17) is 13.7 Å². The molecular formula is C20H27BO4. The van der Waals surface area contributed by atoms with Gasteiger partial charge in [-0.3, -0.25) is 0 Å². The lowest BCUT2D eigenvalue weighted by Crippen LogP contribution is -2.41. The molecule has 2 aliphatic rings. The Hall–Kier alpha value is -1.59. The summed E-state index contributed by atoms with van der Waals surface area (Å²) in [7, 11) is -0.426. The highest BCUT2D eigenvalue weighted by atomic mass is 16.7. The fourth-order valence-corrected chi connectivity index (χ4v) is 2.89. The molecule has 0 radical (unpaired) electrons. The van der Waals surface area contributed by atoms with Crippen LogP contribution in [0.1, 0.15) is 65.4 Å². The van der Waals surface area contributed by atoms with Crippen LogP contribution >= 0.6 is 0 Å². The second kappa shape index (κ2) is 5.71. The van der Waals surface area contributed by atoms with E-state index >= 15 is 0 Å². The summed E-state index contributed by atoms with van der Waals surface area (Å²) in [6.07, 6.45) is 6.45. The van der Waals surface area contributed by atoms with Crippen LogP contribution in [0.5, 0.6) is 0 Å². The van der Waals surface area contributed by atoms with Crippen molar-refractivity contribution in [2.45, 2.75) is 71.5 Å². The molecule has 0 aromatic carbocycles. The maximum atomic E-state index is 12.4. The average molecular weight is 342 g/mol. The Bertz CT molecular complexity index is 790. The molecule has 1 aliphatic heterocycles. The van der Waals surface area contributed by atoms with Gasteiger partial charge in [0.05, 0.1) is 16.8 Å². The molecule has 0 bridgehead atoms. The fourth-order valence-electron chi connectivity index (χ4n) is 2.89. The molecule has 0 spiro atoms. The fraction of sp³-hybridized carbons (Fsp3) is 0.550. The van der Waals surface area contributed by atoms with E-state index < -0.39 is 7.12 Å². The first kappa shape index (κ1) is 18.2. The van der Waals surface area contributed by atoms with E-state index in [2.05, 4.69) is 6.08 Å². The van der Waals surface area contributed by atoms with Crippen LogP contribution in [0.4, 0.5) is 0 Å². The highest BCUT2D eigenvalue weighted by Crippen LogP contribution is 2.39. The molecule has 1 saturated heterocycles. The molecule has 1 aromatic rings. The molecular weight excluding hydrogens is 315 g/mol. The number of hydrogen-bond donors (Lipinski definition) is 0. The zero-order chi connectivity index (χ0) is 18.6. The summed E-state index contributed by atoms with van der Waals surface area (Å²) < 4.78 is 17.8. The summed E-state index contributed by atoms with van der Waals surface area (Å²) in [5.74, 6) is 0.706. The van der Waals surface area contributed by atoms with Crippen LogP contribution in [0, 0.1) is 0 Å². The molecule has 5 heteroatoms. The Balaban J connectivity index is 1.94. The Morgan fingerprint density at radius 1 is 1.04 bits per heavy atom. The van der Waals surface area contributed by atoms with E-state index in [-0.39, 0.29) is 22.2 Å². The SMILES string of the molecule is CC(C)(C)c1cc2c(c(=O)o1)C=CC(B1OC(C)(C)C(C)(C)O1)=CC2. The van der Waals surface area contributed by atoms with Crippen LogP contribution in [0.25, 0.3) is 6.08 Å². The molecule has 0 saturated carbocycles. The number of allylic oxidation sites excluding steroid dienone is 3. The van der Waals surface area contributed by atoms with Crippen molar-refractivity contribution in [1.29, 1.82) is 0 Å². The van der Waals surface area contributed by atoms with Crippen LogP contribution in [0.2, 0.25) is 0 Å². The number of hydrogen-bond acceptors (Lipinski definition) is 4. The lowest BCUT2D eigenvalue weighted by Gasteiger charge is -2.32. The van der Waals surface area contributed by atoms with Crippen LogP contribution in [0.15, 0.2) is 32.9 Å². The van der Waals surface area contributed by atoms with Crippen molar-refractivity contribution in [2.24, 2.45) is 0 Å². The van der Waals surface area contributed by atoms with Crippen LogP contribution < -0.4 is 5.63 Å². The van der Waals surface area contributed by atoms with Gasteiger partial charge in [-0.1, -0.05) is 32.9 Å². The van der Waals surface area contributed by atoms with Crippen molar-refractivity contribution in [3.05, 3.63) is 51.0 Å². The zero-order valence-electron chi connectivity index (χ0n) is 16.2. The van der Waals surface area contributed by atoms with Crippen molar-refractivity contribution in [3.63, 3.8) is 0 Å². The first-order valence-electron chi connectivity index (χ1n) is 8.82. The van der Waals surface area contributed by atoms with Gasteiger partial charge in [-0.05, 0) is 57.3 Å². The van der Waals surface area contributed by atoms with Crippen LogP contribution in [0.3, 0.4) is 0 Å². The van der Waals surface area contributed by atoms with Gasteiger partial charge < -0.3 is 13.7 Å². The third kappa shape index (κ3) is 3.27. The second-order valence-corrected chi connectivity index (χ2v) is 8.92. The summed E-state index contributed by atoms with van der Waals surface area (Å²) in [4.78, 5) is 12.4. The average Bonchev–Trinajstić information content (AvgIpc) is 2.63. The molecule has 4 nitrogen and oxygen atoms in total. The third-order valence-corrected chi connectivity index (χ3v) is 5.34. The van der Waals surface area contributed by atoms with Gasteiger partial charge in [-0.15, -0.1) is 0 Å². The minimum atomic E-state index is -0.426. The smallest absolute Gasteiger partial charge is 0.427 e. The minimum Gasteiger partial charge on any atom is -0.427 e. The van der Waals surface area contributed by atoms with Gasteiger partial charge in [0.1, 0.15) is 5.76 Å². The molecule has 0 atom stereocenters. The second-order valence-electron chi connectivity index (χ2n) is 8.92. The van der Waals surface area contributed by atoms with E-state index in [0.717, 1.165) is 11.0 Å². The van der Waals surface area contributed by atoms with Crippen molar-refractivity contribution in [2.75, 3.05) is 0 Å². The molecule has 1 aliphatic carbocycles. The zero-order valence-corrected chi connectivity index (χ0v) is 16.2. The minimum absolute atomic E-state index is 0.206. The van der Waals surface area contributed by atoms with Gasteiger partial charge in [0, 0.05) is 5.41 Å². The van der Waals surface area contributed by atoms with Gasteiger partial charge in [0.2, 0.25) is 0 Å². The van der Waals surface area contributed by atoms with Crippen molar-refractivity contribution in [3.8, 4) is 0 Å². The Labute approximate surface area is 150 Å². The Morgan fingerprint density at radius 3 is 2.20 bits per heavy atom. The maximum Gasteiger partial charge on any atom is 0.494 e. The van der Waals surface area contributed by atoms with Crippen molar-refractivity contribution < 1.29 is 13.7 Å². The van der Waals surface area contributed by atoms with Gasteiger partial charge in [-0.25, -0.2) is 4.79 Å². The molecule has 25 heavy (non-hydrogen) atoms. The first-order valence-corrected chi connectivity index (χ1v) is 8.82. The molecule has 0 unspecified atom stereocenters. The monoisotopic (exact) mass is 342 g/mol. The molecule has 0 amide bonds. The summed E-state index contributed by atoms with van der Waals surface area (Å²) in [5.41, 5.74) is 1.25. The summed E-state index contributed by atoms with van der Waals surface area (Å²) in [6.45, 7) is 14.3. The van der Waals surface area contributed by atoms with Gasteiger partial charge in [-0.2, -0.15) is 0 Å². The van der Waals surface area contributed by atoms with Crippen LogP contribution in [-0.4, -0.2) is 18.3 Å². The summed E-state index contributed by atoms with van der Waals surface area (Å²) in [6, 6.07) is 1.99. The lowest BCUT2D eigenvalue weighted by atomic mass is 9.77. The highest BCUT2D eigenvalue weighted by molar-refractivity contribution is 6.55.